The molecular weight excluding hydrogens is 296 g/mol. The van der Waals surface area contributed by atoms with Gasteiger partial charge in [-0.2, -0.15) is 4.31 Å². The molecule has 2 heterocycles. The fourth-order valence-electron chi connectivity index (χ4n) is 2.44. The lowest BCUT2D eigenvalue weighted by Gasteiger charge is -2.31. The summed E-state index contributed by atoms with van der Waals surface area (Å²) < 4.78 is 32.8. The van der Waals surface area contributed by atoms with E-state index in [1.807, 2.05) is 13.8 Å². The van der Waals surface area contributed by atoms with Gasteiger partial charge in [0.1, 0.15) is 4.21 Å². The Morgan fingerprint density at radius 2 is 2.30 bits per heavy atom. The molecule has 114 valence electrons. The van der Waals surface area contributed by atoms with Gasteiger partial charge in [0.2, 0.25) is 0 Å². The highest BCUT2D eigenvalue weighted by Crippen LogP contribution is 2.30. The third-order valence-electron chi connectivity index (χ3n) is 3.52. The zero-order valence-corrected chi connectivity index (χ0v) is 13.6. The van der Waals surface area contributed by atoms with Gasteiger partial charge in [-0.3, -0.25) is 0 Å². The first-order chi connectivity index (χ1) is 9.48. The molecule has 1 aromatic heterocycles. The van der Waals surface area contributed by atoms with E-state index in [9.17, 15) is 8.42 Å². The quantitative estimate of drug-likeness (QED) is 0.897. The molecule has 1 aliphatic heterocycles. The van der Waals surface area contributed by atoms with Crippen LogP contribution in [0.1, 0.15) is 30.2 Å². The zero-order valence-electron chi connectivity index (χ0n) is 12.0. The SMILES string of the molecule is CCOC1CCCN(S(=O)(=O)c2cc(C)c(CN)s2)C1. The van der Waals surface area contributed by atoms with Crippen LogP contribution in [0.4, 0.5) is 0 Å². The van der Waals surface area contributed by atoms with E-state index in [4.69, 9.17) is 10.5 Å². The Bertz CT molecular complexity index is 552. The molecule has 0 saturated carbocycles. The molecule has 2 N–H and O–H groups in total. The van der Waals surface area contributed by atoms with Crippen molar-refractivity contribution in [3.63, 3.8) is 0 Å². The van der Waals surface area contributed by atoms with Gasteiger partial charge in [0.15, 0.2) is 0 Å². The van der Waals surface area contributed by atoms with Crippen LogP contribution in [0.3, 0.4) is 0 Å². The fourth-order valence-corrected chi connectivity index (χ4v) is 5.57. The van der Waals surface area contributed by atoms with Crippen LogP contribution >= 0.6 is 11.3 Å². The first-order valence-electron chi connectivity index (χ1n) is 6.90. The van der Waals surface area contributed by atoms with Gasteiger partial charge in [-0.25, -0.2) is 8.42 Å². The lowest BCUT2D eigenvalue weighted by atomic mass is 10.1. The maximum Gasteiger partial charge on any atom is 0.252 e. The van der Waals surface area contributed by atoms with E-state index in [0.29, 0.717) is 30.5 Å². The van der Waals surface area contributed by atoms with Gasteiger partial charge in [0.25, 0.3) is 10.0 Å². The number of nitrogens with zero attached hydrogens (tertiary/aromatic N) is 1. The maximum absolute atomic E-state index is 12.7. The molecule has 0 bridgehead atoms. The van der Waals surface area contributed by atoms with E-state index in [2.05, 4.69) is 0 Å². The minimum atomic E-state index is -3.41. The summed E-state index contributed by atoms with van der Waals surface area (Å²) in [7, 11) is -3.41. The number of sulfonamides is 1. The molecule has 0 spiro atoms. The van der Waals surface area contributed by atoms with Crippen LogP contribution in [0.25, 0.3) is 0 Å². The second-order valence-corrected chi connectivity index (χ2v) is 8.26. The highest BCUT2D eigenvalue weighted by molar-refractivity contribution is 7.91. The third kappa shape index (κ3) is 3.23. The first-order valence-corrected chi connectivity index (χ1v) is 9.15. The molecule has 0 aliphatic carbocycles. The highest BCUT2D eigenvalue weighted by atomic mass is 32.2. The summed E-state index contributed by atoms with van der Waals surface area (Å²) in [6, 6.07) is 1.73. The number of rotatable bonds is 5. The third-order valence-corrected chi connectivity index (χ3v) is 7.09. The summed E-state index contributed by atoms with van der Waals surface area (Å²) in [5, 5.41) is 0. The van der Waals surface area contributed by atoms with Crippen molar-refractivity contribution in [3.8, 4) is 0 Å². The summed E-state index contributed by atoms with van der Waals surface area (Å²) in [5.74, 6) is 0. The Balaban J connectivity index is 2.20. The van der Waals surface area contributed by atoms with Crippen molar-refractivity contribution in [2.45, 2.75) is 43.5 Å². The number of aryl methyl sites for hydroxylation is 1. The Hall–Kier alpha value is -0.470. The Morgan fingerprint density at radius 3 is 2.90 bits per heavy atom. The topological polar surface area (TPSA) is 72.6 Å². The number of nitrogens with two attached hydrogens (primary N) is 1. The van der Waals surface area contributed by atoms with Crippen molar-refractivity contribution in [2.24, 2.45) is 5.73 Å². The van der Waals surface area contributed by atoms with Crippen molar-refractivity contribution in [3.05, 3.63) is 16.5 Å². The molecule has 1 aliphatic rings. The van der Waals surface area contributed by atoms with Crippen LogP contribution in [-0.2, 0) is 21.3 Å². The summed E-state index contributed by atoms with van der Waals surface area (Å²) in [6.45, 7) is 5.86. The smallest absolute Gasteiger partial charge is 0.252 e. The van der Waals surface area contributed by atoms with Gasteiger partial charge in [0, 0.05) is 31.1 Å². The predicted octanol–water partition coefficient (Wildman–Crippen LogP) is 1.70. The number of thiophene rings is 1. The number of hydrogen-bond acceptors (Lipinski definition) is 5. The summed E-state index contributed by atoms with van der Waals surface area (Å²) in [5.41, 5.74) is 6.58. The highest BCUT2D eigenvalue weighted by Gasteiger charge is 2.31. The average molecular weight is 318 g/mol. The van der Waals surface area contributed by atoms with Crippen molar-refractivity contribution < 1.29 is 13.2 Å². The summed E-state index contributed by atoms with van der Waals surface area (Å²) in [4.78, 5) is 0.932. The molecule has 0 amide bonds. The monoisotopic (exact) mass is 318 g/mol. The van der Waals surface area contributed by atoms with E-state index in [0.717, 1.165) is 23.3 Å². The fraction of sp³-hybridized carbons (Fsp3) is 0.692. The molecule has 20 heavy (non-hydrogen) atoms. The van der Waals surface area contributed by atoms with E-state index in [-0.39, 0.29) is 6.10 Å². The molecule has 1 saturated heterocycles. The molecule has 1 fully saturated rings. The molecular formula is C13H22N2O3S2. The van der Waals surface area contributed by atoms with Crippen LogP contribution in [-0.4, -0.2) is 38.5 Å². The predicted molar refractivity (Wildman–Crippen MR) is 80.4 cm³/mol. The summed E-state index contributed by atoms with van der Waals surface area (Å²) in [6.07, 6.45) is 1.79. The Labute approximate surface area is 124 Å². The lowest BCUT2D eigenvalue weighted by molar-refractivity contribution is 0.0265. The standard InChI is InChI=1S/C13H22N2O3S2/c1-3-18-11-5-4-6-15(9-11)20(16,17)13-7-10(2)12(8-14)19-13/h7,11H,3-6,8-9,14H2,1-2H3. The Morgan fingerprint density at radius 1 is 1.55 bits per heavy atom. The van der Waals surface area contributed by atoms with Crippen molar-refractivity contribution in [1.29, 1.82) is 0 Å². The molecule has 5 nitrogen and oxygen atoms in total. The zero-order chi connectivity index (χ0) is 14.8. The van der Waals surface area contributed by atoms with Gasteiger partial charge in [0.05, 0.1) is 6.10 Å². The minimum Gasteiger partial charge on any atom is -0.377 e. The Kier molecular flexibility index (Phi) is 5.19. The van der Waals surface area contributed by atoms with Gasteiger partial charge < -0.3 is 10.5 Å². The molecule has 1 unspecified atom stereocenters. The maximum atomic E-state index is 12.7. The van der Waals surface area contributed by atoms with Crippen LogP contribution in [0.5, 0.6) is 0 Å². The molecule has 1 atom stereocenters. The van der Waals surface area contributed by atoms with Crippen molar-refractivity contribution in [1.82, 2.24) is 4.31 Å². The van der Waals surface area contributed by atoms with Gasteiger partial charge in [-0.1, -0.05) is 0 Å². The largest absolute Gasteiger partial charge is 0.377 e. The number of piperidine rings is 1. The van der Waals surface area contributed by atoms with Gasteiger partial charge >= 0.3 is 0 Å². The summed E-state index contributed by atoms with van der Waals surface area (Å²) >= 11 is 1.28. The van der Waals surface area contributed by atoms with Crippen LogP contribution in [0, 0.1) is 6.92 Å². The van der Waals surface area contributed by atoms with Crippen LogP contribution < -0.4 is 5.73 Å². The second kappa shape index (κ2) is 6.53. The van der Waals surface area contributed by atoms with Crippen LogP contribution in [0.15, 0.2) is 10.3 Å². The molecule has 0 aromatic carbocycles. The molecule has 0 radical (unpaired) electrons. The minimum absolute atomic E-state index is 0.0126. The van der Waals surface area contributed by atoms with E-state index in [1.165, 1.54) is 11.3 Å². The lowest BCUT2D eigenvalue weighted by Crippen LogP contribution is -2.42. The average Bonchev–Trinajstić information content (AvgIpc) is 2.81. The molecule has 2 rings (SSSR count). The van der Waals surface area contributed by atoms with Crippen molar-refractivity contribution >= 4 is 21.4 Å². The molecule has 1 aromatic rings. The first kappa shape index (κ1) is 15.9. The van der Waals surface area contributed by atoms with Gasteiger partial charge in [-0.15, -0.1) is 11.3 Å². The number of hydrogen-bond donors (Lipinski definition) is 1. The van der Waals surface area contributed by atoms with Crippen LogP contribution in [0.2, 0.25) is 0 Å². The van der Waals surface area contributed by atoms with Gasteiger partial charge in [-0.05, 0) is 38.3 Å². The van der Waals surface area contributed by atoms with Crippen molar-refractivity contribution in [2.75, 3.05) is 19.7 Å². The van der Waals surface area contributed by atoms with E-state index >= 15 is 0 Å². The van der Waals surface area contributed by atoms with E-state index in [1.54, 1.807) is 10.4 Å². The molecule has 7 heteroatoms. The second-order valence-electron chi connectivity index (χ2n) is 4.96. The number of ether oxygens (including phenoxy) is 1. The normalized spacial score (nSPS) is 21.2. The van der Waals surface area contributed by atoms with E-state index < -0.39 is 10.0 Å².